The van der Waals surface area contributed by atoms with Crippen LogP contribution in [0.2, 0.25) is 0 Å². The molecule has 63 heavy (non-hydrogen) atoms. The van der Waals surface area contributed by atoms with Crippen molar-refractivity contribution in [3.8, 4) is 0 Å². The molecule has 1 unspecified atom stereocenters. The van der Waals surface area contributed by atoms with Crippen molar-refractivity contribution in [3.05, 3.63) is 95.1 Å². The molecule has 18 heteroatoms. The van der Waals surface area contributed by atoms with Crippen molar-refractivity contribution < 1.29 is 64.4 Å². The van der Waals surface area contributed by atoms with Gasteiger partial charge in [-0.2, -0.15) is 0 Å². The van der Waals surface area contributed by atoms with E-state index in [-0.39, 0.29) is 66.7 Å². The van der Waals surface area contributed by atoms with Gasteiger partial charge >= 0.3 is 5.97 Å². The summed E-state index contributed by atoms with van der Waals surface area (Å²) in [6, 6.07) is 16.1. The molecule has 346 valence electrons. The molecule has 0 radical (unpaired) electrons. The van der Waals surface area contributed by atoms with Gasteiger partial charge in [-0.25, -0.2) is 16.8 Å². The van der Waals surface area contributed by atoms with E-state index in [1.165, 1.54) is 48.5 Å². The van der Waals surface area contributed by atoms with Gasteiger partial charge in [0.1, 0.15) is 11.6 Å². The Bertz CT molecular complexity index is 2080. The number of rotatable bonds is 16. The number of Topliss-reactive ketones (excluding diaryl/α,β-unsaturated/α-hetero) is 1. The number of nitrogens with one attached hydrogen (secondary N) is 2. The van der Waals surface area contributed by atoms with Crippen LogP contribution in [0.4, 0.5) is 0 Å². The summed E-state index contributed by atoms with van der Waals surface area (Å²) in [5.74, 6) is -5.73. The molecule has 0 spiro atoms. The van der Waals surface area contributed by atoms with Crippen molar-refractivity contribution in [2.24, 2.45) is 5.92 Å². The van der Waals surface area contributed by atoms with Crippen molar-refractivity contribution in [2.75, 3.05) is 77.5 Å². The van der Waals surface area contributed by atoms with Crippen LogP contribution in [-0.4, -0.2) is 136 Å². The Morgan fingerprint density at radius 3 is 1.62 bits per heavy atom. The van der Waals surface area contributed by atoms with Crippen LogP contribution in [0.25, 0.3) is 0 Å². The highest BCUT2D eigenvalue weighted by Crippen LogP contribution is 2.23. The Labute approximate surface area is 370 Å². The molecule has 3 aromatic carbocycles. The van der Waals surface area contributed by atoms with Gasteiger partial charge in [-0.05, 0) is 77.4 Å². The number of ether oxygens (including phenoxy) is 6. The molecule has 0 bridgehead atoms. The summed E-state index contributed by atoms with van der Waals surface area (Å²) >= 11 is 0. The SMILES string of the molecule is Cc1ccc(S(=O)(=O)CC(CS(=O)(=O)c2ccc(C)cc2)C(=O)c2ccc(C(=O)N[C@@H](CCC(=O)OC(C)(C)C)C(=O)NCC3COCCOCCOCCOCCO3)cc2)cc1. The first-order valence-corrected chi connectivity index (χ1v) is 24.1. The van der Waals surface area contributed by atoms with E-state index in [4.69, 9.17) is 28.4 Å². The van der Waals surface area contributed by atoms with E-state index < -0.39 is 78.4 Å². The minimum atomic E-state index is -4.13. The highest BCUT2D eigenvalue weighted by atomic mass is 32.2. The van der Waals surface area contributed by atoms with E-state index in [1.54, 1.807) is 58.9 Å². The monoisotopic (exact) mass is 916 g/mol. The number of sulfone groups is 2. The van der Waals surface area contributed by atoms with Gasteiger partial charge in [0.05, 0.1) is 92.8 Å². The van der Waals surface area contributed by atoms with Gasteiger partial charge in [-0.3, -0.25) is 19.2 Å². The third-order valence-electron chi connectivity index (χ3n) is 9.59. The van der Waals surface area contributed by atoms with Crippen LogP contribution in [0.1, 0.15) is 65.5 Å². The number of esters is 1. The Morgan fingerprint density at radius 2 is 1.13 bits per heavy atom. The van der Waals surface area contributed by atoms with Gasteiger partial charge in [0.25, 0.3) is 5.91 Å². The predicted octanol–water partition coefficient (Wildman–Crippen LogP) is 3.85. The summed E-state index contributed by atoms with van der Waals surface area (Å²) in [5, 5.41) is 5.45. The lowest BCUT2D eigenvalue weighted by atomic mass is 9.99. The lowest BCUT2D eigenvalue weighted by Gasteiger charge is -2.23. The molecule has 2 atom stereocenters. The van der Waals surface area contributed by atoms with Gasteiger partial charge in [0, 0.05) is 24.1 Å². The molecule has 0 aliphatic carbocycles. The van der Waals surface area contributed by atoms with E-state index in [1.807, 2.05) is 0 Å². The van der Waals surface area contributed by atoms with Crippen LogP contribution >= 0.6 is 0 Å². The molecule has 1 saturated heterocycles. The average molecular weight is 917 g/mol. The normalized spacial score (nSPS) is 16.8. The largest absolute Gasteiger partial charge is 0.460 e. The van der Waals surface area contributed by atoms with E-state index in [2.05, 4.69) is 10.6 Å². The molecule has 1 fully saturated rings. The lowest BCUT2D eigenvalue weighted by molar-refractivity contribution is -0.155. The molecule has 1 heterocycles. The summed E-state index contributed by atoms with van der Waals surface area (Å²) in [5.41, 5.74) is 0.858. The molecule has 3 aromatic rings. The number of amides is 2. The van der Waals surface area contributed by atoms with Crippen LogP contribution in [0, 0.1) is 19.8 Å². The fourth-order valence-corrected chi connectivity index (χ4v) is 9.48. The minimum Gasteiger partial charge on any atom is -0.460 e. The fourth-order valence-electron chi connectivity index (χ4n) is 6.25. The molecule has 16 nitrogen and oxygen atoms in total. The zero-order valence-corrected chi connectivity index (χ0v) is 38.2. The summed E-state index contributed by atoms with van der Waals surface area (Å²) in [6.45, 7) is 11.5. The molecule has 2 amide bonds. The molecule has 1 aliphatic heterocycles. The van der Waals surface area contributed by atoms with Crippen LogP contribution in [0.15, 0.2) is 82.6 Å². The van der Waals surface area contributed by atoms with Crippen molar-refractivity contribution in [2.45, 2.75) is 75.0 Å². The van der Waals surface area contributed by atoms with E-state index in [0.29, 0.717) is 33.0 Å². The number of benzene rings is 3. The molecule has 0 aromatic heterocycles. The maximum Gasteiger partial charge on any atom is 0.306 e. The summed E-state index contributed by atoms with van der Waals surface area (Å²) < 4.78 is 87.8. The lowest BCUT2D eigenvalue weighted by Crippen LogP contribution is -2.49. The van der Waals surface area contributed by atoms with Gasteiger partial charge in [-0.1, -0.05) is 47.5 Å². The Balaban J connectivity index is 1.51. The zero-order valence-electron chi connectivity index (χ0n) is 36.6. The minimum absolute atomic E-state index is 0.00114. The second-order valence-electron chi connectivity index (χ2n) is 16.1. The molecular weight excluding hydrogens is 857 g/mol. The number of carbonyl (C=O) groups excluding carboxylic acids is 4. The second kappa shape index (κ2) is 24.5. The fraction of sp³-hybridized carbons (Fsp3) is 0.511. The predicted molar refractivity (Wildman–Crippen MR) is 233 cm³/mol. The van der Waals surface area contributed by atoms with Crippen molar-refractivity contribution in [1.82, 2.24) is 10.6 Å². The van der Waals surface area contributed by atoms with Gasteiger partial charge in [-0.15, -0.1) is 0 Å². The molecule has 4 rings (SSSR count). The summed E-state index contributed by atoms with van der Waals surface area (Å²) in [7, 11) is -8.26. The first-order valence-electron chi connectivity index (χ1n) is 20.8. The second-order valence-corrected chi connectivity index (χ2v) is 20.2. The molecular formula is C45H60N2O14S2. The van der Waals surface area contributed by atoms with Gasteiger partial charge < -0.3 is 39.1 Å². The molecule has 2 N–H and O–H groups in total. The van der Waals surface area contributed by atoms with Crippen LogP contribution in [0.3, 0.4) is 0 Å². The Hall–Kier alpha value is -4.56. The maximum absolute atomic E-state index is 14.1. The highest BCUT2D eigenvalue weighted by molar-refractivity contribution is 7.92. The average Bonchev–Trinajstić information content (AvgIpc) is 3.23. The smallest absolute Gasteiger partial charge is 0.306 e. The third-order valence-corrected chi connectivity index (χ3v) is 13.3. The molecule has 1 aliphatic rings. The topological polar surface area (TPSA) is 216 Å². The van der Waals surface area contributed by atoms with Crippen molar-refractivity contribution >= 4 is 43.2 Å². The first-order chi connectivity index (χ1) is 29.8. The van der Waals surface area contributed by atoms with Gasteiger partial charge in [0.2, 0.25) is 5.91 Å². The van der Waals surface area contributed by atoms with E-state index >= 15 is 0 Å². The zero-order chi connectivity index (χ0) is 46.0. The van der Waals surface area contributed by atoms with Gasteiger partial charge in [0.15, 0.2) is 25.5 Å². The molecule has 0 saturated carbocycles. The number of hydrogen-bond acceptors (Lipinski definition) is 14. The van der Waals surface area contributed by atoms with Crippen LogP contribution in [0.5, 0.6) is 0 Å². The van der Waals surface area contributed by atoms with Crippen LogP contribution < -0.4 is 10.6 Å². The standard InChI is InChI=1S/C45H60N2O14S2/c1-32-6-14-38(15-7-32)62(52,53)30-36(31-63(54,55)39-16-8-33(2)9-17-39)42(49)34-10-12-35(13-11-34)43(50)47-40(18-19-41(48)61-45(3,4)5)44(51)46-28-37-29-59-25-24-57-21-20-56-22-23-58-26-27-60-37/h6-17,36-37,40H,18-31H2,1-5H3,(H,46,51)(H,47,50)/t37?,40-/m0/s1. The highest BCUT2D eigenvalue weighted by Gasteiger charge is 2.33. The Kier molecular flexibility index (Phi) is 19.9. The van der Waals surface area contributed by atoms with Crippen molar-refractivity contribution in [1.29, 1.82) is 0 Å². The number of ketones is 1. The number of aryl methyl sites for hydroxylation is 2. The summed E-state index contributed by atoms with van der Waals surface area (Å²) in [4.78, 5) is 53.9. The number of hydrogen-bond donors (Lipinski definition) is 2. The number of carbonyl (C=O) groups is 4. The Morgan fingerprint density at radius 1 is 0.667 bits per heavy atom. The van der Waals surface area contributed by atoms with E-state index in [0.717, 1.165) is 11.1 Å². The van der Waals surface area contributed by atoms with Crippen LogP contribution in [-0.2, 0) is 57.7 Å². The quantitative estimate of drug-likeness (QED) is 0.154. The maximum atomic E-state index is 14.1. The van der Waals surface area contributed by atoms with E-state index in [9.17, 15) is 36.0 Å². The summed E-state index contributed by atoms with van der Waals surface area (Å²) in [6.07, 6.45) is -0.912. The first kappa shape index (κ1) is 51.1. The third kappa shape index (κ3) is 17.9. The van der Waals surface area contributed by atoms with Crippen molar-refractivity contribution in [3.63, 3.8) is 0 Å².